The Morgan fingerprint density at radius 3 is 2.56 bits per heavy atom. The number of carboxylic acid groups (broad SMARTS) is 1. The van der Waals surface area contributed by atoms with E-state index in [1.165, 1.54) is 6.07 Å². The first-order chi connectivity index (χ1) is 11.8. The smallest absolute Gasteiger partial charge is 0.303 e. The number of carboxylic acids is 1. The fraction of sp³-hybridized carbons (Fsp3) is 0.333. The standard InChI is InChI=1S/C18H19NO5S/c1-12-13-6-5-7-14-16(25(22,23)24)10-9-15(18(13)14)19(12)11-4-2-3-8-17(20)21/h5-7,9-10H,2-4,8,11H2,1H3,(H-,20,21,22,23,24)/p+1. The molecular weight excluding hydrogens is 342 g/mol. The van der Waals surface area contributed by atoms with E-state index < -0.39 is 16.1 Å². The molecule has 1 heterocycles. The molecule has 0 aromatic heterocycles. The van der Waals surface area contributed by atoms with Gasteiger partial charge in [0.2, 0.25) is 5.69 Å². The predicted molar refractivity (Wildman–Crippen MR) is 94.4 cm³/mol. The van der Waals surface area contributed by atoms with Crippen molar-refractivity contribution in [2.75, 3.05) is 6.54 Å². The van der Waals surface area contributed by atoms with E-state index in [0.29, 0.717) is 11.8 Å². The summed E-state index contributed by atoms with van der Waals surface area (Å²) in [6.07, 6.45) is 2.49. The third-order valence-electron chi connectivity index (χ3n) is 4.61. The highest BCUT2D eigenvalue weighted by atomic mass is 32.2. The van der Waals surface area contributed by atoms with Crippen LogP contribution in [0.3, 0.4) is 0 Å². The summed E-state index contributed by atoms with van der Waals surface area (Å²) in [5, 5.41) is 10.0. The zero-order valence-corrected chi connectivity index (χ0v) is 14.7. The molecule has 0 spiro atoms. The van der Waals surface area contributed by atoms with Crippen molar-refractivity contribution in [1.82, 2.24) is 0 Å². The lowest BCUT2D eigenvalue weighted by atomic mass is 10.0. The van der Waals surface area contributed by atoms with Gasteiger partial charge >= 0.3 is 5.97 Å². The summed E-state index contributed by atoms with van der Waals surface area (Å²) < 4.78 is 34.9. The van der Waals surface area contributed by atoms with Crippen LogP contribution in [-0.4, -0.2) is 40.9 Å². The average Bonchev–Trinajstić information content (AvgIpc) is 2.81. The van der Waals surface area contributed by atoms with Gasteiger partial charge in [0, 0.05) is 31.2 Å². The number of aliphatic carboxylic acids is 1. The Kier molecular flexibility index (Phi) is 4.62. The van der Waals surface area contributed by atoms with Gasteiger partial charge in [0.1, 0.15) is 11.4 Å². The van der Waals surface area contributed by atoms with Crippen LogP contribution in [0.25, 0.3) is 10.8 Å². The zero-order valence-electron chi connectivity index (χ0n) is 13.9. The lowest BCUT2D eigenvalue weighted by Crippen LogP contribution is -2.12. The molecule has 1 aliphatic heterocycles. The van der Waals surface area contributed by atoms with E-state index in [-0.39, 0.29) is 11.3 Å². The number of rotatable bonds is 7. The van der Waals surface area contributed by atoms with E-state index in [1.807, 2.05) is 13.0 Å². The van der Waals surface area contributed by atoms with E-state index in [4.69, 9.17) is 5.11 Å². The second kappa shape index (κ2) is 6.57. The molecule has 2 aromatic rings. The molecular formula is C18H20NO5S+. The molecule has 0 atom stereocenters. The fourth-order valence-corrected chi connectivity index (χ4v) is 4.14. The first-order valence-corrected chi connectivity index (χ1v) is 9.61. The lowest BCUT2D eigenvalue weighted by molar-refractivity contribution is -0.437. The molecule has 2 N–H and O–H groups in total. The summed E-state index contributed by atoms with van der Waals surface area (Å²) in [4.78, 5) is 10.5. The molecule has 0 saturated heterocycles. The SMILES string of the molecule is CC1=[N+](CCCCCC(=O)O)c2ccc(S(=O)(=O)O)c3cccc1c23. The molecule has 0 unspecified atom stereocenters. The summed E-state index contributed by atoms with van der Waals surface area (Å²) >= 11 is 0. The van der Waals surface area contributed by atoms with Gasteiger partial charge in [0.05, 0.1) is 10.9 Å². The highest BCUT2D eigenvalue weighted by Gasteiger charge is 2.31. The van der Waals surface area contributed by atoms with Crippen molar-refractivity contribution in [3.8, 4) is 0 Å². The first kappa shape index (κ1) is 17.6. The van der Waals surface area contributed by atoms with Crippen molar-refractivity contribution < 1.29 is 27.4 Å². The molecule has 25 heavy (non-hydrogen) atoms. The van der Waals surface area contributed by atoms with Crippen molar-refractivity contribution in [2.45, 2.75) is 37.5 Å². The van der Waals surface area contributed by atoms with E-state index in [2.05, 4.69) is 4.58 Å². The summed E-state index contributed by atoms with van der Waals surface area (Å²) in [5.74, 6) is -0.779. The Morgan fingerprint density at radius 1 is 1.12 bits per heavy atom. The van der Waals surface area contributed by atoms with Crippen LogP contribution in [0, 0.1) is 0 Å². The molecule has 0 amide bonds. The maximum absolute atomic E-state index is 11.6. The van der Waals surface area contributed by atoms with Gasteiger partial charge < -0.3 is 5.11 Å². The molecule has 0 fully saturated rings. The average molecular weight is 362 g/mol. The van der Waals surface area contributed by atoms with Crippen LogP contribution in [0.1, 0.15) is 38.2 Å². The monoisotopic (exact) mass is 362 g/mol. The minimum atomic E-state index is -4.29. The largest absolute Gasteiger partial charge is 0.481 e. The topological polar surface area (TPSA) is 94.7 Å². The highest BCUT2D eigenvalue weighted by Crippen LogP contribution is 2.38. The second-order valence-corrected chi connectivity index (χ2v) is 7.62. The molecule has 2 aromatic carbocycles. The fourth-order valence-electron chi connectivity index (χ4n) is 3.45. The van der Waals surface area contributed by atoms with Crippen LogP contribution >= 0.6 is 0 Å². The van der Waals surface area contributed by atoms with Crippen molar-refractivity contribution in [3.05, 3.63) is 35.9 Å². The van der Waals surface area contributed by atoms with E-state index in [9.17, 15) is 17.8 Å². The van der Waals surface area contributed by atoms with E-state index in [0.717, 1.165) is 41.7 Å². The molecule has 132 valence electrons. The van der Waals surface area contributed by atoms with Gasteiger partial charge in [-0.05, 0) is 25.0 Å². The number of hydrogen-bond donors (Lipinski definition) is 2. The van der Waals surface area contributed by atoms with Crippen LogP contribution in [0.2, 0.25) is 0 Å². The molecule has 0 radical (unpaired) electrons. The number of hydrogen-bond acceptors (Lipinski definition) is 3. The van der Waals surface area contributed by atoms with Crippen molar-refractivity contribution in [2.24, 2.45) is 0 Å². The van der Waals surface area contributed by atoms with Gasteiger partial charge in [-0.15, -0.1) is 0 Å². The minimum Gasteiger partial charge on any atom is -0.481 e. The Balaban J connectivity index is 1.93. The first-order valence-electron chi connectivity index (χ1n) is 8.17. The number of nitrogens with zero attached hydrogens (tertiary/aromatic N) is 1. The molecule has 0 aliphatic carbocycles. The van der Waals surface area contributed by atoms with Gasteiger partial charge in [-0.2, -0.15) is 13.0 Å². The highest BCUT2D eigenvalue weighted by molar-refractivity contribution is 7.86. The third-order valence-corrected chi connectivity index (χ3v) is 5.53. The molecule has 0 bridgehead atoms. The van der Waals surface area contributed by atoms with Crippen LogP contribution in [0.5, 0.6) is 0 Å². The minimum absolute atomic E-state index is 0.0794. The molecule has 7 heteroatoms. The normalized spacial score (nSPS) is 13.7. The molecule has 6 nitrogen and oxygen atoms in total. The Labute approximate surface area is 146 Å². The summed E-state index contributed by atoms with van der Waals surface area (Å²) in [7, 11) is -4.29. The Bertz CT molecular complexity index is 992. The number of unbranched alkanes of at least 4 members (excludes halogenated alkanes) is 2. The van der Waals surface area contributed by atoms with Crippen molar-refractivity contribution in [1.29, 1.82) is 0 Å². The van der Waals surface area contributed by atoms with Crippen LogP contribution in [-0.2, 0) is 14.9 Å². The Hall–Kier alpha value is -2.25. The zero-order chi connectivity index (χ0) is 18.2. The van der Waals surface area contributed by atoms with Crippen molar-refractivity contribution in [3.63, 3.8) is 0 Å². The Morgan fingerprint density at radius 2 is 1.88 bits per heavy atom. The van der Waals surface area contributed by atoms with Gasteiger partial charge in [-0.3, -0.25) is 9.35 Å². The molecule has 0 saturated carbocycles. The summed E-state index contributed by atoms with van der Waals surface area (Å²) in [5.41, 5.74) is 2.92. The van der Waals surface area contributed by atoms with E-state index >= 15 is 0 Å². The number of benzene rings is 2. The van der Waals surface area contributed by atoms with Gasteiger partial charge in [-0.1, -0.05) is 12.1 Å². The van der Waals surface area contributed by atoms with Crippen LogP contribution in [0.4, 0.5) is 5.69 Å². The number of carbonyl (C=O) groups is 1. The maximum Gasteiger partial charge on any atom is 0.303 e. The quantitative estimate of drug-likeness (QED) is 0.448. The lowest BCUT2D eigenvalue weighted by Gasteiger charge is -2.05. The van der Waals surface area contributed by atoms with Gasteiger partial charge in [0.25, 0.3) is 10.1 Å². The summed E-state index contributed by atoms with van der Waals surface area (Å²) in [6.45, 7) is 2.72. The second-order valence-electron chi connectivity index (χ2n) is 6.23. The predicted octanol–water partition coefficient (Wildman–Crippen LogP) is 3.20. The van der Waals surface area contributed by atoms with Crippen LogP contribution in [0.15, 0.2) is 35.2 Å². The maximum atomic E-state index is 11.6. The van der Waals surface area contributed by atoms with Crippen LogP contribution < -0.4 is 0 Å². The van der Waals surface area contributed by atoms with E-state index in [1.54, 1.807) is 18.2 Å². The third kappa shape index (κ3) is 3.29. The molecule has 1 aliphatic rings. The van der Waals surface area contributed by atoms with Gasteiger partial charge in [-0.25, -0.2) is 0 Å². The van der Waals surface area contributed by atoms with Gasteiger partial charge in [0.15, 0.2) is 5.71 Å². The van der Waals surface area contributed by atoms with Crippen molar-refractivity contribution >= 4 is 38.3 Å². The summed E-state index contributed by atoms with van der Waals surface area (Å²) in [6, 6.07) is 8.60. The molecule has 3 rings (SSSR count).